The van der Waals surface area contributed by atoms with E-state index in [-0.39, 0.29) is 0 Å². The first kappa shape index (κ1) is 19.1. The fourth-order valence-electron chi connectivity index (χ4n) is 4.09. The minimum Gasteiger partial charge on any atom is -0.497 e. The van der Waals surface area contributed by atoms with E-state index in [1.54, 1.807) is 18.4 Å². The van der Waals surface area contributed by atoms with E-state index in [1.807, 2.05) is 12.3 Å². The molecule has 4 nitrogen and oxygen atoms in total. The second-order valence-electron chi connectivity index (χ2n) is 7.54. The van der Waals surface area contributed by atoms with Crippen LogP contribution in [0.4, 0.5) is 0 Å². The highest BCUT2D eigenvalue weighted by Gasteiger charge is 2.28. The van der Waals surface area contributed by atoms with Crippen molar-refractivity contribution in [3.05, 3.63) is 75.0 Å². The largest absolute Gasteiger partial charge is 0.497 e. The van der Waals surface area contributed by atoms with Gasteiger partial charge in [0.15, 0.2) is 0 Å². The van der Waals surface area contributed by atoms with Gasteiger partial charge >= 0.3 is 0 Å². The predicted molar refractivity (Wildman–Crippen MR) is 114 cm³/mol. The summed E-state index contributed by atoms with van der Waals surface area (Å²) in [4.78, 5) is 13.2. The van der Waals surface area contributed by atoms with Crippen molar-refractivity contribution in [1.29, 1.82) is 0 Å². The fourth-order valence-corrected chi connectivity index (χ4v) is 4.91. The molecule has 0 bridgehead atoms. The zero-order chi connectivity index (χ0) is 19.5. The molecule has 2 aromatic heterocycles. The lowest BCUT2D eigenvalue weighted by atomic mass is 10.0. The summed E-state index contributed by atoms with van der Waals surface area (Å²) < 4.78 is 5.37. The summed E-state index contributed by atoms with van der Waals surface area (Å²) in [7, 11) is 1.72. The lowest BCUT2D eigenvalue weighted by molar-refractivity contribution is 0.246. The van der Waals surface area contributed by atoms with E-state index in [4.69, 9.17) is 9.72 Å². The zero-order valence-electron chi connectivity index (χ0n) is 16.8. The zero-order valence-corrected chi connectivity index (χ0v) is 17.6. The maximum atomic E-state index is 5.37. The minimum absolute atomic E-state index is 0.395. The molecule has 0 saturated carbocycles. The van der Waals surface area contributed by atoms with Gasteiger partial charge in [-0.15, -0.1) is 11.3 Å². The number of hydrogen-bond acceptors (Lipinski definition) is 5. The molecular formula is C23H27N3OS. The number of methoxy groups -OCH3 is 1. The van der Waals surface area contributed by atoms with E-state index in [1.165, 1.54) is 34.5 Å². The first-order chi connectivity index (χ1) is 13.6. The molecule has 146 valence electrons. The summed E-state index contributed by atoms with van der Waals surface area (Å²) in [5, 5.41) is 1.14. The summed E-state index contributed by atoms with van der Waals surface area (Å²) in [6.07, 6.45) is 5.32. The van der Waals surface area contributed by atoms with Crippen LogP contribution in [-0.4, -0.2) is 28.5 Å². The molecule has 1 aromatic carbocycles. The van der Waals surface area contributed by atoms with Crippen LogP contribution in [-0.2, 0) is 13.0 Å². The van der Waals surface area contributed by atoms with Gasteiger partial charge in [-0.05, 0) is 75.0 Å². The summed E-state index contributed by atoms with van der Waals surface area (Å²) in [6, 6.07) is 13.2. The maximum absolute atomic E-state index is 5.37. The van der Waals surface area contributed by atoms with Crippen molar-refractivity contribution in [2.75, 3.05) is 13.7 Å². The molecule has 5 heteroatoms. The number of likely N-dealkylation sites (tertiary alicyclic amines) is 1. The number of aryl methyl sites for hydroxylation is 2. The second kappa shape index (κ2) is 8.41. The molecule has 1 saturated heterocycles. The van der Waals surface area contributed by atoms with Gasteiger partial charge in [0.05, 0.1) is 23.9 Å². The van der Waals surface area contributed by atoms with Gasteiger partial charge in [0, 0.05) is 23.3 Å². The molecule has 28 heavy (non-hydrogen) atoms. The van der Waals surface area contributed by atoms with Gasteiger partial charge in [-0.1, -0.05) is 12.1 Å². The van der Waals surface area contributed by atoms with Crippen molar-refractivity contribution >= 4 is 11.3 Å². The monoisotopic (exact) mass is 393 g/mol. The van der Waals surface area contributed by atoms with Gasteiger partial charge in [-0.25, -0.2) is 4.98 Å². The van der Waals surface area contributed by atoms with Crippen molar-refractivity contribution in [1.82, 2.24) is 14.9 Å². The van der Waals surface area contributed by atoms with Gasteiger partial charge in [0.1, 0.15) is 5.75 Å². The molecule has 1 aliphatic heterocycles. The average Bonchev–Trinajstić information content (AvgIpc) is 3.30. The van der Waals surface area contributed by atoms with Crippen molar-refractivity contribution in [3.8, 4) is 5.75 Å². The normalized spacial score (nSPS) is 17.2. The quantitative estimate of drug-likeness (QED) is 0.585. The molecule has 0 N–H and O–H groups in total. The molecule has 3 aromatic rings. The van der Waals surface area contributed by atoms with E-state index in [9.17, 15) is 0 Å². The standard InChI is InChI=1S/C23H27N3OS/c1-16-10-19(11-18-6-4-7-20(12-18)27-3)13-22(25-16)23-8-5-9-26(23)15-21-14-24-17(2)28-21/h4,6-7,10,12-14,23H,5,8-9,11,15H2,1-3H3/t23-/m1/s1. The number of nitrogens with zero attached hydrogens (tertiary/aromatic N) is 3. The molecule has 1 fully saturated rings. The Labute approximate surface area is 171 Å². The number of ether oxygens (including phenoxy) is 1. The van der Waals surface area contributed by atoms with E-state index in [2.05, 4.69) is 54.1 Å². The van der Waals surface area contributed by atoms with Crippen molar-refractivity contribution in [3.63, 3.8) is 0 Å². The van der Waals surface area contributed by atoms with Gasteiger partial charge in [-0.2, -0.15) is 0 Å². The predicted octanol–water partition coefficient (Wildman–Crippen LogP) is 5.09. The fraction of sp³-hybridized carbons (Fsp3) is 0.391. The third-order valence-electron chi connectivity index (χ3n) is 5.31. The lowest BCUT2D eigenvalue weighted by Crippen LogP contribution is -2.23. The first-order valence-corrected chi connectivity index (χ1v) is 10.7. The van der Waals surface area contributed by atoms with Gasteiger partial charge in [0.25, 0.3) is 0 Å². The SMILES string of the molecule is COc1cccc(Cc2cc(C)nc([C@H]3CCCN3Cc3cnc(C)s3)c2)c1. The van der Waals surface area contributed by atoms with Crippen LogP contribution < -0.4 is 4.74 Å². The van der Waals surface area contributed by atoms with Crippen LogP contribution in [0.25, 0.3) is 0 Å². The number of aromatic nitrogens is 2. The van der Waals surface area contributed by atoms with Gasteiger partial charge in [0.2, 0.25) is 0 Å². The topological polar surface area (TPSA) is 38.2 Å². The lowest BCUT2D eigenvalue weighted by Gasteiger charge is -2.24. The third kappa shape index (κ3) is 4.42. The van der Waals surface area contributed by atoms with Crippen LogP contribution in [0.5, 0.6) is 5.75 Å². The number of benzene rings is 1. The molecule has 1 atom stereocenters. The molecule has 0 radical (unpaired) electrons. The Balaban J connectivity index is 1.55. The third-order valence-corrected chi connectivity index (χ3v) is 6.21. The first-order valence-electron chi connectivity index (χ1n) is 9.86. The molecule has 0 spiro atoms. The number of thiazole rings is 1. The van der Waals surface area contributed by atoms with E-state index in [0.717, 1.165) is 36.0 Å². The molecule has 0 amide bonds. The Hall–Kier alpha value is -2.24. The summed E-state index contributed by atoms with van der Waals surface area (Å²) in [5.74, 6) is 0.908. The van der Waals surface area contributed by atoms with Crippen molar-refractivity contribution < 1.29 is 4.74 Å². The van der Waals surface area contributed by atoms with Gasteiger partial charge in [-0.3, -0.25) is 9.88 Å². The Bertz CT molecular complexity index is 953. The van der Waals surface area contributed by atoms with Crippen LogP contribution in [0.15, 0.2) is 42.6 Å². The number of hydrogen-bond donors (Lipinski definition) is 0. The maximum Gasteiger partial charge on any atom is 0.119 e. The molecular weight excluding hydrogens is 366 g/mol. The molecule has 1 aliphatic rings. The van der Waals surface area contributed by atoms with E-state index in [0.29, 0.717) is 6.04 Å². The van der Waals surface area contributed by atoms with Crippen molar-refractivity contribution in [2.45, 2.75) is 45.7 Å². The average molecular weight is 394 g/mol. The smallest absolute Gasteiger partial charge is 0.119 e. The van der Waals surface area contributed by atoms with Crippen LogP contribution in [0.3, 0.4) is 0 Å². The van der Waals surface area contributed by atoms with Crippen LogP contribution >= 0.6 is 11.3 Å². The summed E-state index contributed by atoms with van der Waals surface area (Å²) in [5.41, 5.74) is 4.88. The summed E-state index contributed by atoms with van der Waals surface area (Å²) >= 11 is 1.80. The number of pyridine rings is 1. The highest BCUT2D eigenvalue weighted by atomic mass is 32.1. The Morgan fingerprint density at radius 2 is 2.07 bits per heavy atom. The van der Waals surface area contributed by atoms with Crippen LogP contribution in [0.1, 0.15) is 51.3 Å². The number of rotatable bonds is 6. The molecule has 0 unspecified atom stereocenters. The van der Waals surface area contributed by atoms with Crippen LogP contribution in [0, 0.1) is 13.8 Å². The van der Waals surface area contributed by atoms with Gasteiger partial charge < -0.3 is 4.74 Å². The van der Waals surface area contributed by atoms with Crippen LogP contribution in [0.2, 0.25) is 0 Å². The highest BCUT2D eigenvalue weighted by molar-refractivity contribution is 7.11. The van der Waals surface area contributed by atoms with Crippen molar-refractivity contribution in [2.24, 2.45) is 0 Å². The summed E-state index contributed by atoms with van der Waals surface area (Å²) in [6.45, 7) is 6.27. The molecule has 4 rings (SSSR count). The Morgan fingerprint density at radius 1 is 1.18 bits per heavy atom. The molecule has 0 aliphatic carbocycles. The Morgan fingerprint density at radius 3 is 2.86 bits per heavy atom. The van der Waals surface area contributed by atoms with E-state index >= 15 is 0 Å². The van der Waals surface area contributed by atoms with E-state index < -0.39 is 0 Å². The molecule has 3 heterocycles. The highest BCUT2D eigenvalue weighted by Crippen LogP contribution is 2.34. The Kier molecular flexibility index (Phi) is 5.74. The minimum atomic E-state index is 0.395. The second-order valence-corrected chi connectivity index (χ2v) is 8.86.